The largest absolute Gasteiger partial charge is 0.319 e. The molecule has 0 amide bonds. The number of fused-ring (bicyclic) bond motifs is 3. The fourth-order valence-corrected chi connectivity index (χ4v) is 6.81. The Balaban J connectivity index is 2.00. The van der Waals surface area contributed by atoms with Crippen molar-refractivity contribution in [3.63, 3.8) is 0 Å². The first kappa shape index (κ1) is 23.3. The monoisotopic (exact) mass is 506 g/mol. The lowest BCUT2D eigenvalue weighted by Crippen LogP contribution is -2.32. The van der Waals surface area contributed by atoms with E-state index in [1.807, 2.05) is 48.5 Å². The number of benzene rings is 4. The van der Waals surface area contributed by atoms with E-state index in [4.69, 9.17) is 11.6 Å². The molecule has 0 unspecified atom stereocenters. The third-order valence-corrected chi connectivity index (χ3v) is 9.84. The molecule has 3 nitrogen and oxygen atoms in total. The maximum absolute atomic E-state index is 13.1. The van der Waals surface area contributed by atoms with Crippen LogP contribution in [-0.4, -0.2) is 26.7 Å². The highest BCUT2D eigenvalue weighted by molar-refractivity contribution is 7.70. The molecule has 0 radical (unpaired) electrons. The predicted octanol–water partition coefficient (Wildman–Crippen LogP) is 8.12. The summed E-state index contributed by atoms with van der Waals surface area (Å²) in [6.07, 6.45) is 0. The Morgan fingerprint density at radius 2 is 1.09 bits per heavy atom. The minimum Gasteiger partial charge on any atom is -0.319 e. The van der Waals surface area contributed by atoms with Crippen molar-refractivity contribution in [2.24, 2.45) is 0 Å². The van der Waals surface area contributed by atoms with Crippen LogP contribution in [0.25, 0.3) is 11.1 Å². The molecule has 0 spiro atoms. The van der Waals surface area contributed by atoms with Crippen molar-refractivity contribution >= 4 is 59.2 Å². The number of hydrogen-bond donors (Lipinski definition) is 0. The number of halogens is 1. The first-order valence-electron chi connectivity index (χ1n) is 11.1. The summed E-state index contributed by atoms with van der Waals surface area (Å²) in [4.78, 5) is 0. The molecule has 4 aromatic carbocycles. The standard InChI is InChI=1S/C28H27ClNO2P2/c1-33(2,31)23-13-15-25-26-16-14-24(34(3,4)32)19-28(26)30(27(25)18-23,21-10-6-5-7-11-21)22-12-8-9-20(29)17-22/h5-19H,1-4H3/q+1. The number of para-hydroxylation sites is 1. The lowest BCUT2D eigenvalue weighted by molar-refractivity contribution is 0.587. The van der Waals surface area contributed by atoms with Crippen molar-refractivity contribution in [3.05, 3.63) is 96.0 Å². The molecule has 1 aliphatic rings. The molecular weight excluding hydrogens is 480 g/mol. The normalized spacial score (nSPS) is 14.5. The second kappa shape index (κ2) is 8.08. The molecule has 1 heterocycles. The topological polar surface area (TPSA) is 34.1 Å². The zero-order valence-corrected chi connectivity index (χ0v) is 22.2. The van der Waals surface area contributed by atoms with Crippen LogP contribution in [0.1, 0.15) is 0 Å². The van der Waals surface area contributed by atoms with Crippen LogP contribution in [0.5, 0.6) is 0 Å². The highest BCUT2D eigenvalue weighted by atomic mass is 35.5. The van der Waals surface area contributed by atoms with E-state index in [9.17, 15) is 9.13 Å². The number of quaternary nitrogens is 1. The molecule has 0 fully saturated rings. The molecule has 0 bridgehead atoms. The third kappa shape index (κ3) is 3.63. The fourth-order valence-electron chi connectivity index (χ4n) is 4.89. The van der Waals surface area contributed by atoms with Crippen LogP contribution in [0.15, 0.2) is 91.0 Å². The van der Waals surface area contributed by atoms with Gasteiger partial charge in [0, 0.05) is 52.0 Å². The van der Waals surface area contributed by atoms with E-state index in [0.29, 0.717) is 5.02 Å². The van der Waals surface area contributed by atoms with Gasteiger partial charge in [0.1, 0.15) is 25.7 Å². The zero-order valence-electron chi connectivity index (χ0n) is 19.7. The average molecular weight is 507 g/mol. The minimum atomic E-state index is -2.51. The SMILES string of the molecule is CP(C)(=O)c1ccc2c(c1)[N+](c1ccccc1)(c1cccc(Cl)c1)c1cc(P(C)(C)=O)ccc1-2. The Morgan fingerprint density at radius 3 is 1.56 bits per heavy atom. The van der Waals surface area contributed by atoms with Crippen LogP contribution in [-0.2, 0) is 9.13 Å². The summed E-state index contributed by atoms with van der Waals surface area (Å²) in [5.74, 6) is 0. The highest BCUT2D eigenvalue weighted by Crippen LogP contribution is 2.63. The molecular formula is C28H27ClNO2P2+. The average Bonchev–Trinajstić information content (AvgIpc) is 3.08. The van der Waals surface area contributed by atoms with E-state index in [1.54, 1.807) is 26.7 Å². The molecule has 6 heteroatoms. The molecule has 0 N–H and O–H groups in total. The quantitative estimate of drug-likeness (QED) is 0.182. The molecule has 0 atom stereocenters. The summed E-state index contributed by atoms with van der Waals surface area (Å²) < 4.78 is 26.6. The maximum Gasteiger partial charge on any atom is 0.157 e. The van der Waals surface area contributed by atoms with Crippen molar-refractivity contribution < 1.29 is 9.13 Å². The van der Waals surface area contributed by atoms with Crippen molar-refractivity contribution in [3.8, 4) is 11.1 Å². The zero-order chi connectivity index (χ0) is 24.3. The highest BCUT2D eigenvalue weighted by Gasteiger charge is 2.49. The second-order valence-electron chi connectivity index (χ2n) is 9.59. The fraction of sp³-hybridized carbons (Fsp3) is 0.143. The van der Waals surface area contributed by atoms with Gasteiger partial charge >= 0.3 is 0 Å². The Kier molecular flexibility index (Phi) is 5.54. The van der Waals surface area contributed by atoms with Gasteiger partial charge in [-0.15, -0.1) is 0 Å². The summed E-state index contributed by atoms with van der Waals surface area (Å²) in [5, 5.41) is 2.30. The molecule has 0 aromatic heterocycles. The van der Waals surface area contributed by atoms with Gasteiger partial charge in [0.05, 0.1) is 11.1 Å². The van der Waals surface area contributed by atoms with Crippen molar-refractivity contribution in [1.82, 2.24) is 4.48 Å². The first-order chi connectivity index (χ1) is 16.0. The smallest absolute Gasteiger partial charge is 0.157 e. The van der Waals surface area contributed by atoms with Crippen LogP contribution in [0.3, 0.4) is 0 Å². The molecule has 0 saturated heterocycles. The van der Waals surface area contributed by atoms with E-state index < -0.39 is 14.3 Å². The molecule has 172 valence electrons. The van der Waals surface area contributed by atoms with Gasteiger partial charge in [-0.2, -0.15) is 4.48 Å². The van der Waals surface area contributed by atoms with E-state index in [0.717, 1.165) is 44.5 Å². The van der Waals surface area contributed by atoms with Gasteiger partial charge in [-0.1, -0.05) is 48.0 Å². The molecule has 34 heavy (non-hydrogen) atoms. The third-order valence-electron chi connectivity index (χ3n) is 6.56. The van der Waals surface area contributed by atoms with Gasteiger partial charge in [0.25, 0.3) is 0 Å². The van der Waals surface area contributed by atoms with Gasteiger partial charge in [0.15, 0.2) is 11.4 Å². The molecule has 0 saturated carbocycles. The Morgan fingerprint density at radius 1 is 0.588 bits per heavy atom. The van der Waals surface area contributed by atoms with Gasteiger partial charge in [-0.05, 0) is 44.9 Å². The van der Waals surface area contributed by atoms with Crippen LogP contribution in [0.4, 0.5) is 22.7 Å². The Bertz CT molecular complexity index is 1450. The molecule has 4 aromatic rings. The lowest BCUT2D eigenvalue weighted by atomic mass is 10.1. The van der Waals surface area contributed by atoms with Gasteiger partial charge in [-0.25, -0.2) is 0 Å². The summed E-state index contributed by atoms with van der Waals surface area (Å²) in [6.45, 7) is 7.21. The van der Waals surface area contributed by atoms with Crippen LogP contribution >= 0.6 is 25.9 Å². The van der Waals surface area contributed by atoms with Gasteiger partial charge in [0.2, 0.25) is 0 Å². The number of nitrogens with zero attached hydrogens (tertiary/aromatic N) is 1. The van der Waals surface area contributed by atoms with Crippen molar-refractivity contribution in [2.45, 2.75) is 0 Å². The van der Waals surface area contributed by atoms with Crippen molar-refractivity contribution in [2.75, 3.05) is 26.7 Å². The second-order valence-corrected chi connectivity index (χ2v) is 16.5. The maximum atomic E-state index is 13.1. The van der Waals surface area contributed by atoms with E-state index in [2.05, 4.69) is 42.5 Å². The Labute approximate surface area is 206 Å². The van der Waals surface area contributed by atoms with Crippen LogP contribution in [0, 0.1) is 0 Å². The summed E-state index contributed by atoms with van der Waals surface area (Å²) >= 11 is 6.54. The summed E-state index contributed by atoms with van der Waals surface area (Å²) in [6, 6.07) is 30.4. The van der Waals surface area contributed by atoms with Crippen LogP contribution in [0.2, 0.25) is 5.02 Å². The van der Waals surface area contributed by atoms with Crippen LogP contribution < -0.4 is 15.1 Å². The number of hydrogen-bond acceptors (Lipinski definition) is 2. The first-order valence-corrected chi connectivity index (χ1v) is 16.7. The predicted molar refractivity (Wildman–Crippen MR) is 149 cm³/mol. The lowest BCUT2D eigenvalue weighted by Gasteiger charge is -2.35. The van der Waals surface area contributed by atoms with E-state index >= 15 is 0 Å². The summed E-state index contributed by atoms with van der Waals surface area (Å²) in [7, 11) is -5.02. The van der Waals surface area contributed by atoms with Gasteiger partial charge in [-0.3, -0.25) is 0 Å². The Hall–Kier alpha value is -2.41. The minimum absolute atomic E-state index is 0.285. The number of rotatable bonds is 4. The van der Waals surface area contributed by atoms with Crippen molar-refractivity contribution in [1.29, 1.82) is 0 Å². The van der Waals surface area contributed by atoms with Gasteiger partial charge < -0.3 is 9.13 Å². The van der Waals surface area contributed by atoms with E-state index in [1.165, 1.54) is 0 Å². The molecule has 0 aliphatic carbocycles. The molecule has 5 rings (SSSR count). The molecule has 1 aliphatic heterocycles. The summed E-state index contributed by atoms with van der Waals surface area (Å²) in [5.41, 5.74) is 6.18. The van der Waals surface area contributed by atoms with E-state index in [-0.39, 0.29) is 4.48 Å².